The zero-order chi connectivity index (χ0) is 14.7. The van der Waals surface area contributed by atoms with Crippen LogP contribution in [-0.2, 0) is 4.79 Å². The van der Waals surface area contributed by atoms with Crippen molar-refractivity contribution in [3.05, 3.63) is 26.7 Å². The zero-order valence-corrected chi connectivity index (χ0v) is 13.5. The van der Waals surface area contributed by atoms with Gasteiger partial charge in [0.15, 0.2) is 0 Å². The van der Waals surface area contributed by atoms with E-state index in [9.17, 15) is 9.90 Å². The minimum Gasteiger partial charge on any atom is -0.496 e. The van der Waals surface area contributed by atoms with E-state index in [2.05, 4.69) is 21.2 Å². The lowest BCUT2D eigenvalue weighted by atomic mass is 9.94. The Bertz CT molecular complexity index is 500. The summed E-state index contributed by atoms with van der Waals surface area (Å²) in [6, 6.07) is -0.469. The predicted molar refractivity (Wildman–Crippen MR) is 78.5 cm³/mol. The standard InChI is InChI=1S/C14H20BrNO3/c1-7-8(2)14(19-5)12(9(3)13(7)15)11(6-17)16-10(4)18/h11,17H,6H2,1-5H3,(H,16,18). The van der Waals surface area contributed by atoms with Gasteiger partial charge in [-0.3, -0.25) is 4.79 Å². The summed E-state index contributed by atoms with van der Waals surface area (Å²) in [5, 5.41) is 12.3. The molecule has 0 aromatic heterocycles. The average Bonchev–Trinajstić information content (AvgIpc) is 2.37. The van der Waals surface area contributed by atoms with Crippen molar-refractivity contribution >= 4 is 21.8 Å². The predicted octanol–water partition coefficient (Wildman–Crippen LogP) is 2.55. The SMILES string of the molecule is COc1c(C)c(C)c(Br)c(C)c1C(CO)NC(C)=O. The molecule has 0 saturated carbocycles. The summed E-state index contributed by atoms with van der Waals surface area (Å²) in [7, 11) is 1.60. The van der Waals surface area contributed by atoms with Crippen LogP contribution in [-0.4, -0.2) is 24.7 Å². The van der Waals surface area contributed by atoms with Crippen LogP contribution in [0.25, 0.3) is 0 Å². The molecule has 1 aromatic rings. The third-order valence-electron chi connectivity index (χ3n) is 3.32. The molecule has 1 aromatic carbocycles. The molecule has 0 saturated heterocycles. The van der Waals surface area contributed by atoms with Crippen LogP contribution in [0.5, 0.6) is 5.75 Å². The Morgan fingerprint density at radius 2 is 1.89 bits per heavy atom. The fourth-order valence-electron chi connectivity index (χ4n) is 2.24. The van der Waals surface area contributed by atoms with E-state index < -0.39 is 6.04 Å². The Morgan fingerprint density at radius 1 is 1.32 bits per heavy atom. The number of carbonyl (C=O) groups is 1. The summed E-state index contributed by atoms with van der Waals surface area (Å²) in [4.78, 5) is 11.3. The number of aliphatic hydroxyl groups excluding tert-OH is 1. The molecule has 1 rings (SSSR count). The van der Waals surface area contributed by atoms with Crippen molar-refractivity contribution in [3.63, 3.8) is 0 Å². The van der Waals surface area contributed by atoms with Gasteiger partial charge < -0.3 is 15.2 Å². The van der Waals surface area contributed by atoms with Gasteiger partial charge in [-0.2, -0.15) is 0 Å². The third kappa shape index (κ3) is 3.09. The first kappa shape index (κ1) is 16.0. The minimum atomic E-state index is -0.469. The first-order valence-electron chi connectivity index (χ1n) is 6.06. The molecule has 0 spiro atoms. The van der Waals surface area contributed by atoms with Gasteiger partial charge in [0.2, 0.25) is 5.91 Å². The Hall–Kier alpha value is -1.07. The number of halogens is 1. The Morgan fingerprint density at radius 3 is 2.32 bits per heavy atom. The number of ether oxygens (including phenoxy) is 1. The Labute approximate surface area is 122 Å². The van der Waals surface area contributed by atoms with E-state index in [0.717, 1.165) is 26.7 Å². The normalized spacial score (nSPS) is 12.2. The van der Waals surface area contributed by atoms with Crippen LogP contribution in [0.4, 0.5) is 0 Å². The number of aliphatic hydroxyl groups is 1. The lowest BCUT2D eigenvalue weighted by Crippen LogP contribution is -2.30. The van der Waals surface area contributed by atoms with Gasteiger partial charge >= 0.3 is 0 Å². The molecule has 106 valence electrons. The van der Waals surface area contributed by atoms with E-state index in [1.165, 1.54) is 6.92 Å². The van der Waals surface area contributed by atoms with E-state index >= 15 is 0 Å². The van der Waals surface area contributed by atoms with Gasteiger partial charge in [-0.1, -0.05) is 15.9 Å². The largest absolute Gasteiger partial charge is 0.496 e. The molecular weight excluding hydrogens is 310 g/mol. The van der Waals surface area contributed by atoms with Crippen molar-refractivity contribution in [2.45, 2.75) is 33.7 Å². The van der Waals surface area contributed by atoms with E-state index in [1.54, 1.807) is 7.11 Å². The molecule has 19 heavy (non-hydrogen) atoms. The highest BCUT2D eigenvalue weighted by Crippen LogP contribution is 2.39. The maximum Gasteiger partial charge on any atom is 0.217 e. The lowest BCUT2D eigenvalue weighted by molar-refractivity contribution is -0.120. The summed E-state index contributed by atoms with van der Waals surface area (Å²) >= 11 is 3.56. The molecule has 4 nitrogen and oxygen atoms in total. The Balaban J connectivity index is 3.51. The maximum absolute atomic E-state index is 11.3. The van der Waals surface area contributed by atoms with Gasteiger partial charge in [0.1, 0.15) is 5.75 Å². The van der Waals surface area contributed by atoms with Gasteiger partial charge in [0, 0.05) is 17.0 Å². The Kier molecular flexibility index (Phi) is 5.38. The van der Waals surface area contributed by atoms with Gasteiger partial charge in [-0.05, 0) is 37.5 Å². The summed E-state index contributed by atoms with van der Waals surface area (Å²) in [5.74, 6) is 0.529. The van der Waals surface area contributed by atoms with Gasteiger partial charge in [0.05, 0.1) is 19.8 Å². The van der Waals surface area contributed by atoms with Gasteiger partial charge in [0.25, 0.3) is 0 Å². The topological polar surface area (TPSA) is 58.6 Å². The van der Waals surface area contributed by atoms with Crippen LogP contribution in [0.1, 0.15) is 35.2 Å². The fraction of sp³-hybridized carbons (Fsp3) is 0.500. The third-order valence-corrected chi connectivity index (χ3v) is 4.51. The number of rotatable bonds is 4. The molecular formula is C14H20BrNO3. The zero-order valence-electron chi connectivity index (χ0n) is 11.9. The molecule has 0 aliphatic carbocycles. The number of amides is 1. The molecule has 2 N–H and O–H groups in total. The van der Waals surface area contributed by atoms with Crippen LogP contribution in [0.2, 0.25) is 0 Å². The van der Waals surface area contributed by atoms with Crippen molar-refractivity contribution < 1.29 is 14.6 Å². The monoisotopic (exact) mass is 329 g/mol. The second kappa shape index (κ2) is 6.39. The van der Waals surface area contributed by atoms with Crippen molar-refractivity contribution in [2.75, 3.05) is 13.7 Å². The number of nitrogens with one attached hydrogen (secondary N) is 1. The van der Waals surface area contributed by atoms with Crippen LogP contribution < -0.4 is 10.1 Å². The second-order valence-electron chi connectivity index (χ2n) is 4.57. The number of benzene rings is 1. The summed E-state index contributed by atoms with van der Waals surface area (Å²) in [6.45, 7) is 7.17. The smallest absolute Gasteiger partial charge is 0.217 e. The van der Waals surface area contributed by atoms with Gasteiger partial charge in [-0.15, -0.1) is 0 Å². The molecule has 5 heteroatoms. The molecule has 1 atom stereocenters. The molecule has 0 aliphatic rings. The van der Waals surface area contributed by atoms with Crippen LogP contribution in [0.3, 0.4) is 0 Å². The van der Waals surface area contributed by atoms with Crippen molar-refractivity contribution in [2.24, 2.45) is 0 Å². The fourth-order valence-corrected chi connectivity index (χ4v) is 2.75. The maximum atomic E-state index is 11.3. The van der Waals surface area contributed by atoms with Crippen molar-refractivity contribution in [1.29, 1.82) is 0 Å². The quantitative estimate of drug-likeness (QED) is 0.892. The first-order chi connectivity index (χ1) is 8.84. The van der Waals surface area contributed by atoms with Crippen molar-refractivity contribution in [3.8, 4) is 5.75 Å². The lowest BCUT2D eigenvalue weighted by Gasteiger charge is -2.24. The molecule has 0 heterocycles. The van der Waals surface area contributed by atoms with E-state index in [0.29, 0.717) is 5.75 Å². The van der Waals surface area contributed by atoms with Crippen LogP contribution >= 0.6 is 15.9 Å². The van der Waals surface area contributed by atoms with Crippen LogP contribution in [0.15, 0.2) is 4.47 Å². The highest BCUT2D eigenvalue weighted by molar-refractivity contribution is 9.10. The van der Waals surface area contributed by atoms with Crippen molar-refractivity contribution in [1.82, 2.24) is 5.32 Å². The van der Waals surface area contributed by atoms with Crippen LogP contribution in [0, 0.1) is 20.8 Å². The molecule has 1 amide bonds. The molecule has 1 unspecified atom stereocenters. The summed E-state index contributed by atoms with van der Waals surface area (Å²) < 4.78 is 6.45. The number of methoxy groups -OCH3 is 1. The highest BCUT2D eigenvalue weighted by atomic mass is 79.9. The molecule has 0 bridgehead atoms. The first-order valence-corrected chi connectivity index (χ1v) is 6.85. The number of hydrogen-bond donors (Lipinski definition) is 2. The molecule has 0 fully saturated rings. The highest BCUT2D eigenvalue weighted by Gasteiger charge is 2.23. The number of hydrogen-bond acceptors (Lipinski definition) is 3. The van der Waals surface area contributed by atoms with Gasteiger partial charge in [-0.25, -0.2) is 0 Å². The second-order valence-corrected chi connectivity index (χ2v) is 5.36. The molecule has 0 radical (unpaired) electrons. The average molecular weight is 330 g/mol. The molecule has 0 aliphatic heterocycles. The van der Waals surface area contributed by atoms with E-state index in [1.807, 2.05) is 20.8 Å². The summed E-state index contributed by atoms with van der Waals surface area (Å²) in [6.07, 6.45) is 0. The number of carbonyl (C=O) groups excluding carboxylic acids is 1. The van der Waals surface area contributed by atoms with E-state index in [-0.39, 0.29) is 12.5 Å². The minimum absolute atomic E-state index is 0.175. The van der Waals surface area contributed by atoms with E-state index in [4.69, 9.17) is 4.74 Å². The summed E-state index contributed by atoms with van der Waals surface area (Å²) in [5.41, 5.74) is 3.87.